The second-order valence-corrected chi connectivity index (χ2v) is 4.33. The molecule has 0 aliphatic heterocycles. The zero-order valence-electron chi connectivity index (χ0n) is 10.0. The Bertz CT molecular complexity index is 680. The van der Waals surface area contributed by atoms with Gasteiger partial charge < -0.3 is 4.40 Å². The van der Waals surface area contributed by atoms with Crippen LogP contribution >= 0.6 is 0 Å². The van der Waals surface area contributed by atoms with Gasteiger partial charge in [0.1, 0.15) is 5.82 Å². The minimum absolute atomic E-state index is 1.02. The molecule has 0 bridgehead atoms. The van der Waals surface area contributed by atoms with Crippen molar-refractivity contribution in [3.8, 4) is 11.1 Å². The molecular formula is C15H14N2. The van der Waals surface area contributed by atoms with Crippen LogP contribution < -0.4 is 0 Å². The summed E-state index contributed by atoms with van der Waals surface area (Å²) in [4.78, 5) is 4.32. The fourth-order valence-electron chi connectivity index (χ4n) is 2.18. The molecule has 3 rings (SSSR count). The van der Waals surface area contributed by atoms with Gasteiger partial charge in [-0.1, -0.05) is 30.3 Å². The van der Waals surface area contributed by atoms with Crippen molar-refractivity contribution >= 4 is 5.52 Å². The molecule has 0 aliphatic rings. The number of pyridine rings is 1. The molecule has 0 unspecified atom stereocenters. The lowest BCUT2D eigenvalue weighted by Crippen LogP contribution is -1.90. The van der Waals surface area contributed by atoms with Gasteiger partial charge in [0, 0.05) is 6.20 Å². The Kier molecular flexibility index (Phi) is 2.22. The van der Waals surface area contributed by atoms with E-state index in [0.717, 1.165) is 11.3 Å². The summed E-state index contributed by atoms with van der Waals surface area (Å²) in [6, 6.07) is 12.7. The Morgan fingerprint density at radius 2 is 1.82 bits per heavy atom. The number of nitrogens with zero attached hydrogens (tertiary/aromatic N) is 2. The van der Waals surface area contributed by atoms with Crippen molar-refractivity contribution in [2.45, 2.75) is 13.8 Å². The molecule has 0 saturated carbocycles. The average molecular weight is 222 g/mol. The van der Waals surface area contributed by atoms with Crippen LogP contribution in [0.1, 0.15) is 11.4 Å². The molecule has 3 aromatic rings. The van der Waals surface area contributed by atoms with E-state index in [2.05, 4.69) is 58.9 Å². The van der Waals surface area contributed by atoms with Crippen LogP contribution in [0, 0.1) is 13.8 Å². The summed E-state index contributed by atoms with van der Waals surface area (Å²) in [5.74, 6) is 1.02. The van der Waals surface area contributed by atoms with E-state index in [-0.39, 0.29) is 0 Å². The Labute approximate surface area is 101 Å². The molecule has 1 aromatic carbocycles. The molecule has 0 spiro atoms. The number of hydrogen-bond donors (Lipinski definition) is 0. The van der Waals surface area contributed by atoms with Crippen LogP contribution in [0.25, 0.3) is 16.6 Å². The van der Waals surface area contributed by atoms with Gasteiger partial charge in [0.05, 0.1) is 11.7 Å². The summed E-state index contributed by atoms with van der Waals surface area (Å²) in [6.07, 6.45) is 4.05. The van der Waals surface area contributed by atoms with E-state index in [1.54, 1.807) is 0 Å². The smallest absolute Gasteiger partial charge is 0.110 e. The van der Waals surface area contributed by atoms with Crippen LogP contribution in [0.5, 0.6) is 0 Å². The van der Waals surface area contributed by atoms with E-state index in [9.17, 15) is 0 Å². The Hall–Kier alpha value is -2.09. The van der Waals surface area contributed by atoms with Crippen molar-refractivity contribution < 1.29 is 0 Å². The van der Waals surface area contributed by atoms with Crippen molar-refractivity contribution in [1.29, 1.82) is 0 Å². The molecule has 17 heavy (non-hydrogen) atoms. The molecule has 2 heterocycles. The van der Waals surface area contributed by atoms with Gasteiger partial charge in [-0.25, -0.2) is 4.98 Å². The van der Waals surface area contributed by atoms with E-state index < -0.39 is 0 Å². The maximum Gasteiger partial charge on any atom is 0.110 e. The lowest BCUT2D eigenvalue weighted by molar-refractivity contribution is 1.05. The highest BCUT2D eigenvalue weighted by Gasteiger charge is 2.03. The van der Waals surface area contributed by atoms with E-state index in [0.29, 0.717) is 0 Å². The maximum atomic E-state index is 4.32. The first-order valence-corrected chi connectivity index (χ1v) is 5.75. The van der Waals surface area contributed by atoms with Gasteiger partial charge >= 0.3 is 0 Å². The van der Waals surface area contributed by atoms with E-state index in [1.807, 2.05) is 13.1 Å². The highest BCUT2D eigenvalue weighted by molar-refractivity contribution is 5.68. The predicted octanol–water partition coefficient (Wildman–Crippen LogP) is 3.62. The quantitative estimate of drug-likeness (QED) is 0.614. The predicted molar refractivity (Wildman–Crippen MR) is 70.1 cm³/mol. The molecule has 0 aliphatic carbocycles. The Balaban J connectivity index is 2.24. The molecule has 2 nitrogen and oxygen atoms in total. The number of benzene rings is 1. The Morgan fingerprint density at radius 1 is 1.00 bits per heavy atom. The third-order valence-electron chi connectivity index (χ3n) is 3.17. The molecule has 0 radical (unpaired) electrons. The van der Waals surface area contributed by atoms with Gasteiger partial charge in [0.25, 0.3) is 0 Å². The molecule has 2 heteroatoms. The average Bonchev–Trinajstić information content (AvgIpc) is 2.71. The van der Waals surface area contributed by atoms with Gasteiger partial charge in [0.2, 0.25) is 0 Å². The van der Waals surface area contributed by atoms with Crippen molar-refractivity contribution in [3.63, 3.8) is 0 Å². The number of hydrogen-bond acceptors (Lipinski definition) is 1. The zero-order chi connectivity index (χ0) is 11.8. The summed E-state index contributed by atoms with van der Waals surface area (Å²) in [5.41, 5.74) is 4.95. The fourth-order valence-corrected chi connectivity index (χ4v) is 2.18. The highest BCUT2D eigenvalue weighted by Crippen LogP contribution is 2.23. The van der Waals surface area contributed by atoms with Crippen molar-refractivity contribution in [1.82, 2.24) is 9.38 Å². The second kappa shape index (κ2) is 3.74. The topological polar surface area (TPSA) is 17.3 Å². The van der Waals surface area contributed by atoms with Gasteiger partial charge in [-0.3, -0.25) is 0 Å². The van der Waals surface area contributed by atoms with Gasteiger partial charge in [-0.05, 0) is 36.6 Å². The number of aryl methyl sites for hydroxylation is 2. The molecule has 0 saturated heterocycles. The van der Waals surface area contributed by atoms with Crippen LogP contribution in [0.2, 0.25) is 0 Å². The van der Waals surface area contributed by atoms with Crippen LogP contribution in [0.4, 0.5) is 0 Å². The van der Waals surface area contributed by atoms with E-state index in [1.165, 1.54) is 16.7 Å². The minimum Gasteiger partial charge on any atom is -0.303 e. The third-order valence-corrected chi connectivity index (χ3v) is 3.17. The van der Waals surface area contributed by atoms with Crippen LogP contribution in [0.15, 0.2) is 48.8 Å². The lowest BCUT2D eigenvalue weighted by Gasteiger charge is -2.07. The molecule has 2 aromatic heterocycles. The van der Waals surface area contributed by atoms with Crippen LogP contribution in [0.3, 0.4) is 0 Å². The number of imidazole rings is 1. The summed E-state index contributed by atoms with van der Waals surface area (Å²) in [5, 5.41) is 0. The first-order valence-electron chi connectivity index (χ1n) is 5.75. The Morgan fingerprint density at radius 3 is 2.65 bits per heavy atom. The highest BCUT2D eigenvalue weighted by atomic mass is 15.0. The fraction of sp³-hybridized carbons (Fsp3) is 0.133. The van der Waals surface area contributed by atoms with Crippen molar-refractivity contribution in [2.24, 2.45) is 0 Å². The second-order valence-electron chi connectivity index (χ2n) is 4.33. The summed E-state index contributed by atoms with van der Waals surface area (Å²) in [7, 11) is 0. The van der Waals surface area contributed by atoms with E-state index in [4.69, 9.17) is 0 Å². The van der Waals surface area contributed by atoms with Crippen LogP contribution in [-0.2, 0) is 0 Å². The monoisotopic (exact) mass is 222 g/mol. The van der Waals surface area contributed by atoms with E-state index >= 15 is 0 Å². The number of rotatable bonds is 1. The molecule has 0 atom stereocenters. The van der Waals surface area contributed by atoms with Crippen molar-refractivity contribution in [2.75, 3.05) is 0 Å². The molecule has 0 amide bonds. The maximum absolute atomic E-state index is 4.32. The lowest BCUT2D eigenvalue weighted by atomic mass is 10.0. The molecular weight excluding hydrogens is 208 g/mol. The van der Waals surface area contributed by atoms with Gasteiger partial charge in [0.15, 0.2) is 0 Å². The number of aromatic nitrogens is 2. The van der Waals surface area contributed by atoms with Crippen molar-refractivity contribution in [3.05, 3.63) is 60.2 Å². The SMILES string of the molecule is Cc1ccccc1-c1ccc2cnc(C)n2c1. The largest absolute Gasteiger partial charge is 0.303 e. The molecule has 84 valence electrons. The standard InChI is InChI=1S/C15H14N2/c1-11-5-3-4-6-15(11)13-7-8-14-9-16-12(2)17(14)10-13/h3-10H,1-2H3. The summed E-state index contributed by atoms with van der Waals surface area (Å²) in [6.45, 7) is 4.16. The number of fused-ring (bicyclic) bond motifs is 1. The van der Waals surface area contributed by atoms with Gasteiger partial charge in [-0.2, -0.15) is 0 Å². The molecule has 0 N–H and O–H groups in total. The summed E-state index contributed by atoms with van der Waals surface area (Å²) < 4.78 is 2.13. The summed E-state index contributed by atoms with van der Waals surface area (Å²) >= 11 is 0. The molecule has 0 fully saturated rings. The normalized spacial score (nSPS) is 10.9. The third kappa shape index (κ3) is 1.62. The first kappa shape index (κ1) is 10.1. The van der Waals surface area contributed by atoms with Gasteiger partial charge in [-0.15, -0.1) is 0 Å². The van der Waals surface area contributed by atoms with Crippen LogP contribution in [-0.4, -0.2) is 9.38 Å². The minimum atomic E-state index is 1.02. The first-order chi connectivity index (χ1) is 8.25. The zero-order valence-corrected chi connectivity index (χ0v) is 10.0.